The van der Waals surface area contributed by atoms with Gasteiger partial charge in [0.15, 0.2) is 0 Å². The smallest absolute Gasteiger partial charge is 0.0452 e. The molecule has 2 atom stereocenters. The van der Waals surface area contributed by atoms with Crippen molar-refractivity contribution in [3.8, 4) is 0 Å². The molecule has 2 unspecified atom stereocenters. The summed E-state index contributed by atoms with van der Waals surface area (Å²) in [5.74, 6) is 0.861. The van der Waals surface area contributed by atoms with Crippen molar-refractivity contribution >= 4 is 23.4 Å². The van der Waals surface area contributed by atoms with Gasteiger partial charge in [0.05, 0.1) is 0 Å². The lowest BCUT2D eigenvalue weighted by Crippen LogP contribution is -2.25. The fourth-order valence-electron chi connectivity index (χ4n) is 2.03. The summed E-state index contributed by atoms with van der Waals surface area (Å²) in [6.45, 7) is 2.12. The third kappa shape index (κ3) is 3.98. The number of hydrogen-bond donors (Lipinski definition) is 1. The van der Waals surface area contributed by atoms with E-state index in [0.717, 1.165) is 22.8 Å². The van der Waals surface area contributed by atoms with Crippen molar-refractivity contribution in [2.45, 2.75) is 30.4 Å². The first kappa shape index (κ1) is 15.4. The third-order valence-corrected chi connectivity index (χ3v) is 5.10. The van der Waals surface area contributed by atoms with Crippen molar-refractivity contribution < 1.29 is 0 Å². The second kappa shape index (κ2) is 7.67. The van der Waals surface area contributed by atoms with Gasteiger partial charge in [-0.25, -0.2) is 0 Å². The molecule has 1 aromatic heterocycles. The molecule has 0 bridgehead atoms. The lowest BCUT2D eigenvalue weighted by molar-refractivity contribution is 0.633. The molecular weight excluding hydrogens is 288 g/mol. The van der Waals surface area contributed by atoms with Crippen molar-refractivity contribution in [1.29, 1.82) is 0 Å². The maximum Gasteiger partial charge on any atom is 0.0452 e. The normalized spacial score (nSPS) is 13.9. The number of rotatable bonds is 6. The van der Waals surface area contributed by atoms with Crippen molar-refractivity contribution in [2.24, 2.45) is 5.73 Å². The Morgan fingerprint density at radius 3 is 2.55 bits per heavy atom. The van der Waals surface area contributed by atoms with E-state index in [4.69, 9.17) is 17.3 Å². The fourth-order valence-corrected chi connectivity index (χ4v) is 3.71. The van der Waals surface area contributed by atoms with Crippen LogP contribution in [0.2, 0.25) is 5.02 Å². The number of aromatic nitrogens is 1. The minimum Gasteiger partial charge on any atom is -0.326 e. The van der Waals surface area contributed by atoms with E-state index in [1.165, 1.54) is 5.56 Å². The Hall–Kier alpha value is -1.03. The zero-order valence-corrected chi connectivity index (χ0v) is 13.1. The van der Waals surface area contributed by atoms with Gasteiger partial charge < -0.3 is 5.73 Å². The van der Waals surface area contributed by atoms with Gasteiger partial charge in [-0.1, -0.05) is 36.7 Å². The van der Waals surface area contributed by atoms with Crippen LogP contribution in [-0.2, 0) is 5.75 Å². The molecule has 0 aliphatic rings. The first-order valence-electron chi connectivity index (χ1n) is 6.73. The topological polar surface area (TPSA) is 38.9 Å². The molecule has 0 fully saturated rings. The minimum atomic E-state index is 0.130. The standard InChI is InChI=1S/C16H19ClN2S/c1-2-15(18)16(12-7-9-19-10-8-12)20-11-13-5-3-4-6-14(13)17/h3-10,15-16H,2,11,18H2,1H3. The SMILES string of the molecule is CCC(N)C(SCc1ccccc1Cl)c1ccncc1. The van der Waals surface area contributed by atoms with Gasteiger partial charge in [0.1, 0.15) is 0 Å². The molecule has 2 N–H and O–H groups in total. The van der Waals surface area contributed by atoms with Crippen LogP contribution in [-0.4, -0.2) is 11.0 Å². The molecule has 0 aliphatic carbocycles. The monoisotopic (exact) mass is 306 g/mol. The number of nitrogens with zero attached hydrogens (tertiary/aromatic N) is 1. The van der Waals surface area contributed by atoms with E-state index in [0.29, 0.717) is 0 Å². The summed E-state index contributed by atoms with van der Waals surface area (Å²) in [6.07, 6.45) is 4.59. The van der Waals surface area contributed by atoms with Gasteiger partial charge in [-0.05, 0) is 35.7 Å². The lowest BCUT2D eigenvalue weighted by Gasteiger charge is -2.23. The molecule has 0 saturated heterocycles. The Morgan fingerprint density at radius 2 is 1.90 bits per heavy atom. The van der Waals surface area contributed by atoms with E-state index in [2.05, 4.69) is 18.0 Å². The van der Waals surface area contributed by atoms with E-state index in [1.807, 2.05) is 54.5 Å². The summed E-state index contributed by atoms with van der Waals surface area (Å²) in [4.78, 5) is 4.07. The highest BCUT2D eigenvalue weighted by Gasteiger charge is 2.19. The number of halogens is 1. The van der Waals surface area contributed by atoms with Gasteiger partial charge in [-0.2, -0.15) is 0 Å². The second-order valence-corrected chi connectivity index (χ2v) is 6.21. The number of pyridine rings is 1. The molecule has 20 heavy (non-hydrogen) atoms. The van der Waals surface area contributed by atoms with Crippen molar-refractivity contribution in [3.05, 3.63) is 64.9 Å². The van der Waals surface area contributed by atoms with Gasteiger partial charge in [0, 0.05) is 34.5 Å². The highest BCUT2D eigenvalue weighted by molar-refractivity contribution is 7.98. The Bertz CT molecular complexity index is 533. The first-order valence-corrected chi connectivity index (χ1v) is 8.15. The van der Waals surface area contributed by atoms with Crippen molar-refractivity contribution in [2.75, 3.05) is 0 Å². The average molecular weight is 307 g/mol. The number of hydrogen-bond acceptors (Lipinski definition) is 3. The highest BCUT2D eigenvalue weighted by Crippen LogP contribution is 2.35. The number of nitrogens with two attached hydrogens (primary N) is 1. The van der Waals surface area contributed by atoms with Crippen LogP contribution >= 0.6 is 23.4 Å². The fraction of sp³-hybridized carbons (Fsp3) is 0.312. The van der Waals surface area contributed by atoms with Crippen LogP contribution < -0.4 is 5.73 Å². The maximum absolute atomic E-state index is 6.28. The van der Waals surface area contributed by atoms with Gasteiger partial charge in [0.2, 0.25) is 0 Å². The third-order valence-electron chi connectivity index (χ3n) is 3.27. The molecule has 0 spiro atoms. The van der Waals surface area contributed by atoms with Crippen molar-refractivity contribution in [1.82, 2.24) is 4.98 Å². The molecule has 4 heteroatoms. The van der Waals surface area contributed by atoms with Gasteiger partial charge >= 0.3 is 0 Å². The van der Waals surface area contributed by atoms with Gasteiger partial charge in [0.25, 0.3) is 0 Å². The Morgan fingerprint density at radius 1 is 1.20 bits per heavy atom. The Balaban J connectivity index is 2.11. The molecular formula is C16H19ClN2S. The Labute approximate surface area is 129 Å². The molecule has 1 aromatic carbocycles. The molecule has 1 heterocycles. The summed E-state index contributed by atoms with van der Waals surface area (Å²) < 4.78 is 0. The summed E-state index contributed by atoms with van der Waals surface area (Å²) in [7, 11) is 0. The maximum atomic E-state index is 6.28. The molecule has 0 radical (unpaired) electrons. The molecule has 106 valence electrons. The zero-order valence-electron chi connectivity index (χ0n) is 11.5. The molecule has 0 aliphatic heterocycles. The van der Waals surface area contributed by atoms with Crippen LogP contribution in [0.4, 0.5) is 0 Å². The number of thioether (sulfide) groups is 1. The van der Waals surface area contributed by atoms with Crippen LogP contribution in [0.15, 0.2) is 48.8 Å². The van der Waals surface area contributed by atoms with Crippen LogP contribution in [0.5, 0.6) is 0 Å². The van der Waals surface area contributed by atoms with E-state index < -0.39 is 0 Å². The summed E-state index contributed by atoms with van der Waals surface area (Å²) in [6, 6.07) is 12.2. The summed E-state index contributed by atoms with van der Waals surface area (Å²) >= 11 is 8.05. The summed E-state index contributed by atoms with van der Waals surface area (Å²) in [5, 5.41) is 1.08. The minimum absolute atomic E-state index is 0.130. The van der Waals surface area contributed by atoms with E-state index in [-0.39, 0.29) is 11.3 Å². The van der Waals surface area contributed by atoms with Crippen LogP contribution in [0, 0.1) is 0 Å². The van der Waals surface area contributed by atoms with Crippen LogP contribution in [0.1, 0.15) is 29.7 Å². The largest absolute Gasteiger partial charge is 0.326 e. The van der Waals surface area contributed by atoms with Crippen molar-refractivity contribution in [3.63, 3.8) is 0 Å². The van der Waals surface area contributed by atoms with Crippen LogP contribution in [0.25, 0.3) is 0 Å². The zero-order chi connectivity index (χ0) is 14.4. The predicted molar refractivity (Wildman–Crippen MR) is 88.0 cm³/mol. The molecule has 0 saturated carbocycles. The van der Waals surface area contributed by atoms with E-state index in [9.17, 15) is 0 Å². The second-order valence-electron chi connectivity index (χ2n) is 4.68. The molecule has 0 amide bonds. The quantitative estimate of drug-likeness (QED) is 0.857. The highest BCUT2D eigenvalue weighted by atomic mass is 35.5. The predicted octanol–water partition coefficient (Wildman–Crippen LogP) is 4.45. The van der Waals surface area contributed by atoms with Crippen LogP contribution in [0.3, 0.4) is 0 Å². The summed E-state index contributed by atoms with van der Waals surface area (Å²) in [5.41, 5.74) is 8.66. The van der Waals surface area contributed by atoms with Gasteiger partial charge in [-0.15, -0.1) is 11.8 Å². The molecule has 2 rings (SSSR count). The van der Waals surface area contributed by atoms with Gasteiger partial charge in [-0.3, -0.25) is 4.98 Å². The average Bonchev–Trinajstić information content (AvgIpc) is 2.50. The number of benzene rings is 1. The Kier molecular flexibility index (Phi) is 5.89. The lowest BCUT2D eigenvalue weighted by atomic mass is 10.1. The first-order chi connectivity index (χ1) is 9.72. The molecule has 2 nitrogen and oxygen atoms in total. The molecule has 2 aromatic rings. The van der Waals surface area contributed by atoms with E-state index >= 15 is 0 Å². The van der Waals surface area contributed by atoms with E-state index in [1.54, 1.807) is 0 Å².